The lowest BCUT2D eigenvalue weighted by molar-refractivity contribution is 0.610. The summed E-state index contributed by atoms with van der Waals surface area (Å²) in [5.41, 5.74) is 0.958. The van der Waals surface area contributed by atoms with Gasteiger partial charge in [0, 0.05) is 16.2 Å². The number of halogens is 1. The zero-order chi connectivity index (χ0) is 11.5. The van der Waals surface area contributed by atoms with Gasteiger partial charge in [-0.1, -0.05) is 24.3 Å². The number of hydrogen-bond donors (Lipinski definition) is 0. The molecule has 0 bridgehead atoms. The Morgan fingerprint density at radius 1 is 1.47 bits per heavy atom. The van der Waals surface area contributed by atoms with Crippen molar-refractivity contribution in [3.63, 3.8) is 0 Å². The fraction of sp³-hybridized carbons (Fsp3) is 0.100. The van der Waals surface area contributed by atoms with Crippen LogP contribution >= 0.6 is 10.7 Å². The quantitative estimate of drug-likeness (QED) is 0.605. The molecule has 0 N–H and O–H groups in total. The van der Waals surface area contributed by atoms with Crippen LogP contribution < -0.4 is 0 Å². The molecule has 1 rings (SSSR count). The summed E-state index contributed by atoms with van der Waals surface area (Å²) < 4.78 is 22.4. The average Bonchev–Trinajstić information content (AvgIpc) is 2.16. The van der Waals surface area contributed by atoms with Crippen LogP contribution in [0, 0.1) is 0 Å². The Hall–Kier alpha value is -1.13. The lowest BCUT2D eigenvalue weighted by Crippen LogP contribution is -1.92. The van der Waals surface area contributed by atoms with Gasteiger partial charge in [-0.25, -0.2) is 8.42 Å². The number of para-hydroxylation sites is 1. The normalized spacial score (nSPS) is 11.9. The summed E-state index contributed by atoms with van der Waals surface area (Å²) in [7, 11) is 1.49. The lowest BCUT2D eigenvalue weighted by Gasteiger charge is -2.04. The highest BCUT2D eigenvalue weighted by Gasteiger charge is 2.16. The minimum atomic E-state index is -3.78. The van der Waals surface area contributed by atoms with Gasteiger partial charge < -0.3 is 0 Å². The molecule has 0 radical (unpaired) electrons. The molecule has 80 valence electrons. The number of benzene rings is 1. The molecular formula is C10H10ClNO2S. The van der Waals surface area contributed by atoms with Crippen LogP contribution in [0.3, 0.4) is 0 Å². The van der Waals surface area contributed by atoms with Crippen LogP contribution in [0.4, 0.5) is 5.69 Å². The van der Waals surface area contributed by atoms with Crippen molar-refractivity contribution in [2.75, 3.05) is 0 Å². The number of allylic oxidation sites excluding steroid dienone is 1. The summed E-state index contributed by atoms with van der Waals surface area (Å²) in [6, 6.07) is 4.76. The molecule has 0 aromatic heterocycles. The Labute approximate surface area is 93.5 Å². The van der Waals surface area contributed by atoms with Gasteiger partial charge in [0.1, 0.15) is 4.90 Å². The molecule has 0 aliphatic heterocycles. The minimum absolute atomic E-state index is 0.0187. The van der Waals surface area contributed by atoms with E-state index >= 15 is 0 Å². The molecule has 15 heavy (non-hydrogen) atoms. The predicted molar refractivity (Wildman–Crippen MR) is 63.4 cm³/mol. The summed E-state index contributed by atoms with van der Waals surface area (Å²) in [5, 5.41) is 0. The molecule has 0 aliphatic carbocycles. The maximum atomic E-state index is 11.2. The van der Waals surface area contributed by atoms with Gasteiger partial charge in [-0.3, -0.25) is 4.99 Å². The second-order valence-electron chi connectivity index (χ2n) is 2.79. The Kier molecular flexibility index (Phi) is 3.66. The van der Waals surface area contributed by atoms with Gasteiger partial charge in [-0.2, -0.15) is 0 Å². The van der Waals surface area contributed by atoms with Crippen LogP contribution in [-0.4, -0.2) is 15.1 Å². The molecule has 0 heterocycles. The van der Waals surface area contributed by atoms with E-state index in [2.05, 4.69) is 11.7 Å². The highest BCUT2D eigenvalue weighted by molar-refractivity contribution is 8.13. The largest absolute Gasteiger partial charge is 0.263 e. The molecule has 0 spiro atoms. The number of nitrogens with zero attached hydrogens (tertiary/aromatic N) is 1. The maximum absolute atomic E-state index is 11.2. The summed E-state index contributed by atoms with van der Waals surface area (Å²) in [5.74, 6) is 0. The van der Waals surface area contributed by atoms with Gasteiger partial charge in [-0.05, 0) is 19.7 Å². The molecule has 0 fully saturated rings. The number of aliphatic imine (C=N–C) groups is 1. The van der Waals surface area contributed by atoms with Crippen molar-refractivity contribution in [3.8, 4) is 0 Å². The van der Waals surface area contributed by atoms with E-state index in [1.165, 1.54) is 6.07 Å². The fourth-order valence-corrected chi connectivity index (χ4v) is 2.25. The van der Waals surface area contributed by atoms with Crippen molar-refractivity contribution in [2.24, 2.45) is 4.99 Å². The fourth-order valence-electron chi connectivity index (χ4n) is 1.22. The summed E-state index contributed by atoms with van der Waals surface area (Å²) in [6.45, 7) is 5.17. The maximum Gasteiger partial charge on any atom is 0.263 e. The number of rotatable bonds is 3. The minimum Gasteiger partial charge on any atom is -0.263 e. The molecule has 0 amide bonds. The van der Waals surface area contributed by atoms with Crippen LogP contribution in [-0.2, 0) is 9.05 Å². The van der Waals surface area contributed by atoms with Crippen LogP contribution in [0.2, 0.25) is 0 Å². The van der Waals surface area contributed by atoms with E-state index in [-0.39, 0.29) is 10.6 Å². The molecule has 0 unspecified atom stereocenters. The van der Waals surface area contributed by atoms with Gasteiger partial charge in [0.25, 0.3) is 9.05 Å². The van der Waals surface area contributed by atoms with E-state index in [9.17, 15) is 8.42 Å². The molecule has 1 aromatic rings. The van der Waals surface area contributed by atoms with Crippen molar-refractivity contribution in [1.29, 1.82) is 0 Å². The van der Waals surface area contributed by atoms with E-state index in [0.717, 1.165) is 0 Å². The predicted octanol–water partition coefficient (Wildman–Crippen LogP) is 2.98. The van der Waals surface area contributed by atoms with E-state index in [1.807, 2.05) is 6.92 Å². The SMILES string of the molecule is C=Nc1c(/C=C\C)cccc1S(=O)(=O)Cl. The molecule has 0 atom stereocenters. The zero-order valence-corrected chi connectivity index (χ0v) is 9.72. The van der Waals surface area contributed by atoms with Crippen molar-refractivity contribution in [3.05, 3.63) is 29.8 Å². The van der Waals surface area contributed by atoms with Crippen molar-refractivity contribution in [2.45, 2.75) is 11.8 Å². The Balaban J connectivity index is 3.55. The third kappa shape index (κ3) is 2.67. The molecule has 3 nitrogen and oxygen atoms in total. The Morgan fingerprint density at radius 2 is 2.13 bits per heavy atom. The monoisotopic (exact) mass is 243 g/mol. The molecule has 1 aromatic carbocycles. The van der Waals surface area contributed by atoms with Crippen LogP contribution in [0.15, 0.2) is 34.2 Å². The van der Waals surface area contributed by atoms with Gasteiger partial charge in [0.2, 0.25) is 0 Å². The smallest absolute Gasteiger partial charge is 0.263 e. The van der Waals surface area contributed by atoms with Crippen molar-refractivity contribution in [1.82, 2.24) is 0 Å². The van der Waals surface area contributed by atoms with E-state index in [0.29, 0.717) is 5.56 Å². The summed E-state index contributed by atoms with van der Waals surface area (Å²) in [4.78, 5) is 3.67. The van der Waals surface area contributed by atoms with Gasteiger partial charge in [0.05, 0.1) is 5.69 Å². The van der Waals surface area contributed by atoms with Crippen LogP contribution in [0.1, 0.15) is 12.5 Å². The third-order valence-corrected chi connectivity index (χ3v) is 3.15. The van der Waals surface area contributed by atoms with E-state index in [1.54, 1.807) is 24.3 Å². The highest BCUT2D eigenvalue weighted by Crippen LogP contribution is 2.31. The second kappa shape index (κ2) is 4.59. The van der Waals surface area contributed by atoms with Crippen molar-refractivity contribution < 1.29 is 8.42 Å². The Morgan fingerprint density at radius 3 is 2.60 bits per heavy atom. The lowest BCUT2D eigenvalue weighted by atomic mass is 10.1. The molecule has 0 aliphatic rings. The highest BCUT2D eigenvalue weighted by atomic mass is 35.7. The number of hydrogen-bond acceptors (Lipinski definition) is 3. The van der Waals surface area contributed by atoms with Gasteiger partial charge in [-0.15, -0.1) is 0 Å². The van der Waals surface area contributed by atoms with Crippen LogP contribution in [0.25, 0.3) is 6.08 Å². The Bertz CT molecular complexity index is 506. The first-order chi connectivity index (χ1) is 7.00. The topological polar surface area (TPSA) is 46.5 Å². The molecule has 5 heteroatoms. The van der Waals surface area contributed by atoms with Gasteiger partial charge in [0.15, 0.2) is 0 Å². The first-order valence-electron chi connectivity index (χ1n) is 4.17. The summed E-state index contributed by atoms with van der Waals surface area (Å²) >= 11 is 0. The van der Waals surface area contributed by atoms with Crippen LogP contribution in [0.5, 0.6) is 0 Å². The second-order valence-corrected chi connectivity index (χ2v) is 5.32. The molecule has 0 saturated heterocycles. The standard InChI is InChI=1S/C10H10ClNO2S/c1-3-5-8-6-4-7-9(10(8)12-2)15(11,13)14/h3-7H,2H2,1H3/b5-3-. The third-order valence-electron chi connectivity index (χ3n) is 1.80. The van der Waals surface area contributed by atoms with E-state index in [4.69, 9.17) is 10.7 Å². The zero-order valence-electron chi connectivity index (χ0n) is 8.14. The van der Waals surface area contributed by atoms with Gasteiger partial charge >= 0.3 is 0 Å². The summed E-state index contributed by atoms with van der Waals surface area (Å²) in [6.07, 6.45) is 3.53. The first kappa shape index (κ1) is 11.9. The first-order valence-corrected chi connectivity index (χ1v) is 6.48. The van der Waals surface area contributed by atoms with Crippen molar-refractivity contribution >= 4 is 38.2 Å². The molecule has 0 saturated carbocycles. The van der Waals surface area contributed by atoms with E-state index < -0.39 is 9.05 Å². The molecular weight excluding hydrogens is 234 g/mol. The average molecular weight is 244 g/mol.